The van der Waals surface area contributed by atoms with Gasteiger partial charge in [-0.15, -0.1) is 0 Å². The van der Waals surface area contributed by atoms with E-state index in [1.807, 2.05) is 48.5 Å². The summed E-state index contributed by atoms with van der Waals surface area (Å²) in [6, 6.07) is 20.7. The van der Waals surface area contributed by atoms with E-state index in [1.165, 1.54) is 21.3 Å². The molecule has 3 aromatic rings. The minimum atomic E-state index is -1.03. The van der Waals surface area contributed by atoms with Gasteiger partial charge in [0.15, 0.2) is 0 Å². The lowest BCUT2D eigenvalue weighted by molar-refractivity contribution is -0.154. The number of carbonyl (C=O) groups is 3. The van der Waals surface area contributed by atoms with E-state index in [4.69, 9.17) is 14.2 Å². The molecule has 6 heteroatoms. The van der Waals surface area contributed by atoms with Gasteiger partial charge in [-0.3, -0.25) is 9.59 Å². The quantitative estimate of drug-likeness (QED) is 0.453. The fraction of sp³-hybridized carbons (Fsp3) is 0.222. The van der Waals surface area contributed by atoms with Crippen molar-refractivity contribution < 1.29 is 28.6 Å². The monoisotopic (exact) mass is 442 g/mol. The van der Waals surface area contributed by atoms with E-state index in [2.05, 4.69) is 0 Å². The van der Waals surface area contributed by atoms with Crippen LogP contribution in [0.4, 0.5) is 0 Å². The van der Waals surface area contributed by atoms with Crippen LogP contribution in [-0.4, -0.2) is 39.2 Å². The molecule has 3 aromatic carbocycles. The molecule has 2 unspecified atom stereocenters. The lowest BCUT2D eigenvalue weighted by atomic mass is 9.66. The van der Waals surface area contributed by atoms with Crippen molar-refractivity contribution >= 4 is 17.9 Å². The first-order valence-electron chi connectivity index (χ1n) is 10.6. The largest absolute Gasteiger partial charge is 0.469 e. The van der Waals surface area contributed by atoms with E-state index in [9.17, 15) is 14.4 Å². The molecule has 0 heterocycles. The molecule has 166 valence electrons. The average Bonchev–Trinajstić information content (AvgIpc) is 3.34. The predicted molar refractivity (Wildman–Crippen MR) is 120 cm³/mol. The van der Waals surface area contributed by atoms with Crippen molar-refractivity contribution in [3.8, 4) is 11.1 Å². The third-order valence-electron chi connectivity index (χ3n) is 6.94. The molecule has 0 N–H and O–H groups in total. The molecule has 0 radical (unpaired) electrons. The van der Waals surface area contributed by atoms with Crippen LogP contribution >= 0.6 is 0 Å². The molecule has 0 fully saturated rings. The lowest BCUT2D eigenvalue weighted by Gasteiger charge is -2.35. The number of hydrogen-bond donors (Lipinski definition) is 0. The number of hydrogen-bond acceptors (Lipinski definition) is 6. The molecular weight excluding hydrogens is 420 g/mol. The Hall–Kier alpha value is -3.93. The van der Waals surface area contributed by atoms with Crippen LogP contribution in [0, 0.1) is 5.92 Å². The van der Waals surface area contributed by atoms with Gasteiger partial charge in [0.05, 0.1) is 44.1 Å². The summed E-state index contributed by atoms with van der Waals surface area (Å²) in [4.78, 5) is 39.0. The molecule has 33 heavy (non-hydrogen) atoms. The molecule has 0 saturated carbocycles. The van der Waals surface area contributed by atoms with Crippen molar-refractivity contribution in [3.63, 3.8) is 0 Å². The fourth-order valence-electron chi connectivity index (χ4n) is 5.73. The highest BCUT2D eigenvalue weighted by atomic mass is 16.5. The molecule has 0 aliphatic heterocycles. The Kier molecular flexibility index (Phi) is 4.81. The standard InChI is InChI=1S/C27H22O6/c1-31-24(28)15-12-13-18-21(14-15)27(23(26(30)33-3)22(18)25(29)32-2)19-10-6-4-8-16(19)17-9-5-7-11-20(17)27/h4-14,22-23H,1-3H3. The highest BCUT2D eigenvalue weighted by Gasteiger charge is 2.63. The molecule has 2 atom stereocenters. The number of esters is 3. The van der Waals surface area contributed by atoms with Crippen LogP contribution in [0.2, 0.25) is 0 Å². The highest BCUT2D eigenvalue weighted by molar-refractivity contribution is 5.98. The normalized spacial score (nSPS) is 18.8. The molecular formula is C27H22O6. The second-order valence-electron chi connectivity index (χ2n) is 8.19. The first-order valence-corrected chi connectivity index (χ1v) is 10.6. The van der Waals surface area contributed by atoms with E-state index in [1.54, 1.807) is 18.2 Å². The second kappa shape index (κ2) is 7.59. The molecule has 5 rings (SSSR count). The summed E-state index contributed by atoms with van der Waals surface area (Å²) in [7, 11) is 3.95. The summed E-state index contributed by atoms with van der Waals surface area (Å²) < 4.78 is 15.4. The van der Waals surface area contributed by atoms with Crippen molar-refractivity contribution in [3.05, 3.63) is 94.5 Å². The smallest absolute Gasteiger partial charge is 0.337 e. The molecule has 0 saturated heterocycles. The molecule has 0 aromatic heterocycles. The van der Waals surface area contributed by atoms with E-state index < -0.39 is 35.2 Å². The Labute approximate surface area is 191 Å². The fourth-order valence-corrected chi connectivity index (χ4v) is 5.73. The Morgan fingerprint density at radius 3 is 1.82 bits per heavy atom. The molecule has 0 bridgehead atoms. The van der Waals surface area contributed by atoms with Gasteiger partial charge in [-0.2, -0.15) is 0 Å². The van der Waals surface area contributed by atoms with E-state index in [-0.39, 0.29) is 0 Å². The number of ether oxygens (including phenoxy) is 3. The van der Waals surface area contributed by atoms with Gasteiger partial charge in [-0.25, -0.2) is 4.79 Å². The van der Waals surface area contributed by atoms with Gasteiger partial charge in [-0.1, -0.05) is 54.6 Å². The summed E-state index contributed by atoms with van der Waals surface area (Å²) in [5.41, 5.74) is 4.37. The van der Waals surface area contributed by atoms with Gasteiger partial charge >= 0.3 is 17.9 Å². The first-order chi connectivity index (χ1) is 16.0. The van der Waals surface area contributed by atoms with Crippen LogP contribution in [0.25, 0.3) is 11.1 Å². The van der Waals surface area contributed by atoms with E-state index >= 15 is 0 Å². The first kappa shape index (κ1) is 20.9. The van der Waals surface area contributed by atoms with Gasteiger partial charge in [0, 0.05) is 0 Å². The molecule has 2 aliphatic carbocycles. The summed E-state index contributed by atoms with van der Waals surface area (Å²) >= 11 is 0. The van der Waals surface area contributed by atoms with Crippen LogP contribution in [0.5, 0.6) is 0 Å². The van der Waals surface area contributed by atoms with Gasteiger partial charge in [-0.05, 0) is 45.5 Å². The van der Waals surface area contributed by atoms with Crippen LogP contribution in [0.1, 0.15) is 38.5 Å². The Balaban J connectivity index is 1.95. The summed E-state index contributed by atoms with van der Waals surface area (Å²) in [6.45, 7) is 0. The molecule has 2 aliphatic rings. The number of carbonyl (C=O) groups excluding carboxylic acids is 3. The van der Waals surface area contributed by atoms with Crippen LogP contribution < -0.4 is 0 Å². The third kappa shape index (κ3) is 2.64. The Morgan fingerprint density at radius 1 is 0.697 bits per heavy atom. The SMILES string of the molecule is COC(=O)c1ccc2c(c1)C1(c3ccccc3-c3ccccc31)C(C(=O)OC)C2C(=O)OC. The zero-order valence-corrected chi connectivity index (χ0v) is 18.5. The van der Waals surface area contributed by atoms with Crippen molar-refractivity contribution in [2.75, 3.05) is 21.3 Å². The Bertz CT molecular complexity index is 1260. The van der Waals surface area contributed by atoms with Crippen molar-refractivity contribution in [1.82, 2.24) is 0 Å². The summed E-state index contributed by atoms with van der Waals surface area (Å²) in [5.74, 6) is -3.36. The van der Waals surface area contributed by atoms with Gasteiger partial charge < -0.3 is 14.2 Å². The summed E-state index contributed by atoms with van der Waals surface area (Å²) in [6.07, 6.45) is 0. The highest BCUT2D eigenvalue weighted by Crippen LogP contribution is 2.64. The van der Waals surface area contributed by atoms with Crippen LogP contribution in [-0.2, 0) is 29.2 Å². The van der Waals surface area contributed by atoms with Crippen LogP contribution in [0.15, 0.2) is 66.7 Å². The van der Waals surface area contributed by atoms with Crippen LogP contribution in [0.3, 0.4) is 0 Å². The number of benzene rings is 3. The van der Waals surface area contributed by atoms with Crippen molar-refractivity contribution in [2.45, 2.75) is 11.3 Å². The Morgan fingerprint density at radius 2 is 1.27 bits per heavy atom. The number of methoxy groups -OCH3 is 3. The maximum Gasteiger partial charge on any atom is 0.337 e. The topological polar surface area (TPSA) is 78.9 Å². The lowest BCUT2D eigenvalue weighted by Crippen LogP contribution is -2.41. The minimum absolute atomic E-state index is 0.339. The van der Waals surface area contributed by atoms with E-state index in [0.29, 0.717) is 16.7 Å². The molecule has 1 spiro atoms. The van der Waals surface area contributed by atoms with Gasteiger partial charge in [0.1, 0.15) is 0 Å². The zero-order valence-electron chi connectivity index (χ0n) is 18.5. The van der Waals surface area contributed by atoms with Gasteiger partial charge in [0.25, 0.3) is 0 Å². The maximum atomic E-state index is 13.4. The maximum absolute atomic E-state index is 13.4. The predicted octanol–water partition coefficient (Wildman–Crippen LogP) is 3.85. The van der Waals surface area contributed by atoms with Gasteiger partial charge in [0.2, 0.25) is 0 Å². The number of rotatable bonds is 3. The minimum Gasteiger partial charge on any atom is -0.469 e. The third-order valence-corrected chi connectivity index (χ3v) is 6.94. The molecule has 0 amide bonds. The number of fused-ring (bicyclic) bond motifs is 7. The summed E-state index contributed by atoms with van der Waals surface area (Å²) in [5, 5.41) is 0. The average molecular weight is 442 g/mol. The second-order valence-corrected chi connectivity index (χ2v) is 8.19. The van der Waals surface area contributed by atoms with Crippen molar-refractivity contribution in [1.29, 1.82) is 0 Å². The van der Waals surface area contributed by atoms with E-state index in [0.717, 1.165) is 22.3 Å². The zero-order chi connectivity index (χ0) is 23.3. The molecule has 6 nitrogen and oxygen atoms in total. The van der Waals surface area contributed by atoms with Crippen molar-refractivity contribution in [2.24, 2.45) is 5.92 Å².